The molecule has 0 fully saturated rings. The fraction of sp³-hybridized carbons (Fsp3) is 0.357. The molecule has 0 saturated carbocycles. The molecular weight excluding hydrogens is 242 g/mol. The number of rotatable bonds is 5. The number of imidazole rings is 1. The Kier molecular flexibility index (Phi) is 3.87. The van der Waals surface area contributed by atoms with Crippen LogP contribution in [0.25, 0.3) is 0 Å². The molecule has 2 aromatic heterocycles. The van der Waals surface area contributed by atoms with E-state index in [1.807, 2.05) is 30.5 Å². The molecule has 0 amide bonds. The number of allylic oxidation sites excluding steroid dienone is 1. The standard InChI is InChI=1S/C14H19N3S/c1-5-6-17-9-11(3)16-14(17)15-8-13-7-10(2)12(4)18-13/h5,7,9H,1,6,8H2,2-4H3,(H,15,16). The maximum Gasteiger partial charge on any atom is 0.203 e. The molecule has 0 aliphatic heterocycles. The summed E-state index contributed by atoms with van der Waals surface area (Å²) >= 11 is 1.84. The lowest BCUT2D eigenvalue weighted by Gasteiger charge is -2.06. The number of aromatic nitrogens is 2. The largest absolute Gasteiger partial charge is 0.351 e. The van der Waals surface area contributed by atoms with Gasteiger partial charge in [-0.15, -0.1) is 17.9 Å². The van der Waals surface area contributed by atoms with Crippen LogP contribution >= 0.6 is 11.3 Å². The number of thiophene rings is 1. The Balaban J connectivity index is 2.07. The molecule has 0 atom stereocenters. The first-order chi connectivity index (χ1) is 8.60. The smallest absolute Gasteiger partial charge is 0.203 e. The summed E-state index contributed by atoms with van der Waals surface area (Å²) in [6, 6.07) is 2.24. The van der Waals surface area contributed by atoms with Crippen molar-refractivity contribution in [1.82, 2.24) is 9.55 Å². The Morgan fingerprint density at radius 2 is 2.22 bits per heavy atom. The van der Waals surface area contributed by atoms with Gasteiger partial charge < -0.3 is 9.88 Å². The minimum Gasteiger partial charge on any atom is -0.351 e. The third-order valence-electron chi connectivity index (χ3n) is 2.86. The van der Waals surface area contributed by atoms with Gasteiger partial charge in [0.1, 0.15) is 0 Å². The summed E-state index contributed by atoms with van der Waals surface area (Å²) in [6.07, 6.45) is 3.92. The summed E-state index contributed by atoms with van der Waals surface area (Å²) in [5.41, 5.74) is 2.39. The number of nitrogens with one attached hydrogen (secondary N) is 1. The van der Waals surface area contributed by atoms with Crippen molar-refractivity contribution in [3.63, 3.8) is 0 Å². The van der Waals surface area contributed by atoms with Crippen molar-refractivity contribution >= 4 is 17.3 Å². The summed E-state index contributed by atoms with van der Waals surface area (Å²) in [7, 11) is 0. The van der Waals surface area contributed by atoms with E-state index < -0.39 is 0 Å². The van der Waals surface area contributed by atoms with E-state index in [1.54, 1.807) is 0 Å². The summed E-state index contributed by atoms with van der Waals surface area (Å²) in [6.45, 7) is 11.7. The second kappa shape index (κ2) is 5.40. The van der Waals surface area contributed by atoms with E-state index >= 15 is 0 Å². The number of nitrogens with zero attached hydrogens (tertiary/aromatic N) is 2. The van der Waals surface area contributed by atoms with Crippen LogP contribution in [-0.2, 0) is 13.1 Å². The van der Waals surface area contributed by atoms with Gasteiger partial charge in [-0.05, 0) is 32.4 Å². The maximum atomic E-state index is 4.48. The molecule has 0 bridgehead atoms. The molecule has 0 unspecified atom stereocenters. The summed E-state index contributed by atoms with van der Waals surface area (Å²) in [4.78, 5) is 7.21. The van der Waals surface area contributed by atoms with Crippen LogP contribution in [0.4, 0.5) is 5.95 Å². The number of anilines is 1. The van der Waals surface area contributed by atoms with Gasteiger partial charge in [-0.1, -0.05) is 6.08 Å². The number of hydrogen-bond donors (Lipinski definition) is 1. The highest BCUT2D eigenvalue weighted by Crippen LogP contribution is 2.21. The average molecular weight is 261 g/mol. The minimum atomic E-state index is 0.783. The van der Waals surface area contributed by atoms with Gasteiger partial charge in [0.2, 0.25) is 5.95 Å². The van der Waals surface area contributed by atoms with E-state index in [0.717, 1.165) is 24.7 Å². The second-order valence-electron chi connectivity index (χ2n) is 4.45. The van der Waals surface area contributed by atoms with Gasteiger partial charge in [-0.2, -0.15) is 0 Å². The van der Waals surface area contributed by atoms with Gasteiger partial charge >= 0.3 is 0 Å². The van der Waals surface area contributed by atoms with Crippen LogP contribution in [0.5, 0.6) is 0 Å². The third-order valence-corrected chi connectivity index (χ3v) is 4.01. The van der Waals surface area contributed by atoms with Crippen LogP contribution in [0.2, 0.25) is 0 Å². The van der Waals surface area contributed by atoms with E-state index in [-0.39, 0.29) is 0 Å². The molecule has 2 heterocycles. The summed E-state index contributed by atoms with van der Waals surface area (Å²) < 4.78 is 2.08. The lowest BCUT2D eigenvalue weighted by atomic mass is 10.3. The van der Waals surface area contributed by atoms with Gasteiger partial charge in [-0.3, -0.25) is 0 Å². The second-order valence-corrected chi connectivity index (χ2v) is 5.79. The Bertz CT molecular complexity index is 532. The van der Waals surface area contributed by atoms with E-state index in [9.17, 15) is 0 Å². The van der Waals surface area contributed by atoms with E-state index in [1.165, 1.54) is 15.3 Å². The molecule has 0 saturated heterocycles. The highest BCUT2D eigenvalue weighted by atomic mass is 32.1. The lowest BCUT2D eigenvalue weighted by Crippen LogP contribution is -2.05. The first-order valence-electron chi connectivity index (χ1n) is 6.04. The monoisotopic (exact) mass is 261 g/mol. The van der Waals surface area contributed by atoms with Crippen molar-refractivity contribution < 1.29 is 0 Å². The minimum absolute atomic E-state index is 0.783. The molecular formula is C14H19N3S. The normalized spacial score (nSPS) is 10.6. The van der Waals surface area contributed by atoms with Crippen LogP contribution in [0, 0.1) is 20.8 Å². The Morgan fingerprint density at radius 1 is 1.44 bits per heavy atom. The number of hydrogen-bond acceptors (Lipinski definition) is 3. The fourth-order valence-corrected chi connectivity index (χ4v) is 2.86. The molecule has 0 aromatic carbocycles. The van der Waals surface area contributed by atoms with Crippen LogP contribution in [0.3, 0.4) is 0 Å². The highest BCUT2D eigenvalue weighted by molar-refractivity contribution is 7.12. The fourth-order valence-electron chi connectivity index (χ4n) is 1.87. The van der Waals surface area contributed by atoms with Crippen molar-refractivity contribution in [2.24, 2.45) is 0 Å². The zero-order chi connectivity index (χ0) is 13.1. The van der Waals surface area contributed by atoms with E-state index in [4.69, 9.17) is 0 Å². The zero-order valence-electron chi connectivity index (χ0n) is 11.2. The molecule has 0 spiro atoms. The topological polar surface area (TPSA) is 29.9 Å². The molecule has 2 aromatic rings. The van der Waals surface area contributed by atoms with Gasteiger partial charge in [0, 0.05) is 22.5 Å². The molecule has 2 rings (SSSR count). The molecule has 0 aliphatic rings. The summed E-state index contributed by atoms with van der Waals surface area (Å²) in [5, 5.41) is 3.39. The molecule has 96 valence electrons. The molecule has 0 radical (unpaired) electrons. The molecule has 1 N–H and O–H groups in total. The lowest BCUT2D eigenvalue weighted by molar-refractivity contribution is 0.820. The zero-order valence-corrected chi connectivity index (χ0v) is 12.0. The molecule has 0 aliphatic carbocycles. The predicted octanol–water partition coefficient (Wildman–Crippen LogP) is 3.67. The van der Waals surface area contributed by atoms with Gasteiger partial charge in [0.15, 0.2) is 0 Å². The first kappa shape index (κ1) is 12.9. The van der Waals surface area contributed by atoms with Gasteiger partial charge in [-0.25, -0.2) is 4.98 Å². The van der Waals surface area contributed by atoms with Crippen molar-refractivity contribution in [2.75, 3.05) is 5.32 Å². The SMILES string of the molecule is C=CCn1cc(C)nc1NCc1cc(C)c(C)s1. The Morgan fingerprint density at radius 3 is 2.83 bits per heavy atom. The third kappa shape index (κ3) is 2.82. The van der Waals surface area contributed by atoms with Gasteiger partial charge in [0.25, 0.3) is 0 Å². The maximum absolute atomic E-state index is 4.48. The van der Waals surface area contributed by atoms with E-state index in [2.05, 4.69) is 41.4 Å². The molecule has 18 heavy (non-hydrogen) atoms. The van der Waals surface area contributed by atoms with Crippen LogP contribution in [-0.4, -0.2) is 9.55 Å². The average Bonchev–Trinajstić information content (AvgIpc) is 2.81. The van der Waals surface area contributed by atoms with Crippen molar-refractivity contribution in [3.05, 3.63) is 45.9 Å². The predicted molar refractivity (Wildman–Crippen MR) is 78.3 cm³/mol. The van der Waals surface area contributed by atoms with Crippen molar-refractivity contribution in [3.8, 4) is 0 Å². The van der Waals surface area contributed by atoms with Crippen LogP contribution in [0.1, 0.15) is 21.0 Å². The molecule has 4 heteroatoms. The van der Waals surface area contributed by atoms with E-state index in [0.29, 0.717) is 0 Å². The van der Waals surface area contributed by atoms with Crippen LogP contribution in [0.15, 0.2) is 24.9 Å². The molecule has 3 nitrogen and oxygen atoms in total. The van der Waals surface area contributed by atoms with Crippen LogP contribution < -0.4 is 5.32 Å². The number of aryl methyl sites for hydroxylation is 3. The first-order valence-corrected chi connectivity index (χ1v) is 6.86. The Hall–Kier alpha value is -1.55. The summed E-state index contributed by atoms with van der Waals surface area (Å²) in [5.74, 6) is 0.913. The Labute approximate surface area is 112 Å². The van der Waals surface area contributed by atoms with Crippen molar-refractivity contribution in [2.45, 2.75) is 33.9 Å². The quantitative estimate of drug-likeness (QED) is 0.832. The van der Waals surface area contributed by atoms with Gasteiger partial charge in [0.05, 0.1) is 12.2 Å². The highest BCUT2D eigenvalue weighted by Gasteiger charge is 2.06. The van der Waals surface area contributed by atoms with Crippen molar-refractivity contribution in [1.29, 1.82) is 0 Å².